The quantitative estimate of drug-likeness (QED) is 0.743. The molecule has 6 heteroatoms. The van der Waals surface area contributed by atoms with Gasteiger partial charge in [-0.15, -0.1) is 11.3 Å². The molecule has 0 aliphatic carbocycles. The normalized spacial score (nSPS) is 12.7. The number of thiophene rings is 1. The van der Waals surface area contributed by atoms with Crippen molar-refractivity contribution in [3.8, 4) is 0 Å². The summed E-state index contributed by atoms with van der Waals surface area (Å²) in [6.07, 6.45) is 0.463. The number of benzene rings is 1. The minimum Gasteiger partial charge on any atom is -0.313 e. The van der Waals surface area contributed by atoms with Crippen molar-refractivity contribution >= 4 is 43.2 Å². The first-order valence-electron chi connectivity index (χ1n) is 5.57. The van der Waals surface area contributed by atoms with Crippen LogP contribution in [0.15, 0.2) is 31.8 Å². The minimum absolute atomic E-state index is 0.0307. The molecule has 1 aromatic carbocycles. The van der Waals surface area contributed by atoms with Crippen LogP contribution in [-0.2, 0) is 6.42 Å². The molecule has 1 atom stereocenters. The Morgan fingerprint density at radius 3 is 2.53 bits per heavy atom. The topological polar surface area (TPSA) is 12.0 Å². The molecule has 1 unspecified atom stereocenters. The standard InChI is InChI=1S/C13H11Br2F2NS/c1-18-11(9-6-12(14)19-13(9)15)4-7-2-3-8(16)5-10(7)17/h2-3,5-6,11,18H,4H2,1H3. The monoisotopic (exact) mass is 409 g/mol. The average molecular weight is 411 g/mol. The molecule has 2 aromatic rings. The highest BCUT2D eigenvalue weighted by Crippen LogP contribution is 2.36. The highest BCUT2D eigenvalue weighted by Gasteiger charge is 2.18. The SMILES string of the molecule is CNC(Cc1ccc(F)cc1F)c1cc(Br)sc1Br. The summed E-state index contributed by atoms with van der Waals surface area (Å²) in [6, 6.07) is 5.66. The van der Waals surface area contributed by atoms with Crippen molar-refractivity contribution in [3.63, 3.8) is 0 Å². The summed E-state index contributed by atoms with van der Waals surface area (Å²) in [5.74, 6) is -1.06. The van der Waals surface area contributed by atoms with Crippen molar-refractivity contribution in [2.75, 3.05) is 7.05 Å². The fourth-order valence-corrected chi connectivity index (χ4v) is 4.84. The summed E-state index contributed by atoms with van der Waals surface area (Å²) in [6.45, 7) is 0. The van der Waals surface area contributed by atoms with Crippen molar-refractivity contribution < 1.29 is 8.78 Å². The molecule has 1 N–H and O–H groups in total. The molecule has 0 aliphatic heterocycles. The van der Waals surface area contributed by atoms with E-state index >= 15 is 0 Å². The van der Waals surface area contributed by atoms with Gasteiger partial charge in [-0.25, -0.2) is 8.78 Å². The second kappa shape index (κ2) is 6.43. The van der Waals surface area contributed by atoms with E-state index in [1.54, 1.807) is 11.3 Å². The third-order valence-electron chi connectivity index (χ3n) is 2.85. The van der Waals surface area contributed by atoms with Crippen molar-refractivity contribution in [2.45, 2.75) is 12.5 Å². The van der Waals surface area contributed by atoms with Crippen molar-refractivity contribution in [1.29, 1.82) is 0 Å². The molecule has 2 rings (SSSR count). The second-order valence-electron chi connectivity index (χ2n) is 4.06. The molecular formula is C13H11Br2F2NS. The number of hydrogen-bond donors (Lipinski definition) is 1. The molecule has 0 aliphatic rings. The van der Waals surface area contributed by atoms with Crippen LogP contribution < -0.4 is 5.32 Å². The van der Waals surface area contributed by atoms with Crippen LogP contribution in [0.4, 0.5) is 8.78 Å². The van der Waals surface area contributed by atoms with E-state index in [9.17, 15) is 8.78 Å². The van der Waals surface area contributed by atoms with Gasteiger partial charge in [0.15, 0.2) is 0 Å². The van der Waals surface area contributed by atoms with Gasteiger partial charge in [-0.05, 0) is 68.6 Å². The molecule has 1 aromatic heterocycles. The van der Waals surface area contributed by atoms with E-state index in [4.69, 9.17) is 0 Å². The van der Waals surface area contributed by atoms with Gasteiger partial charge in [0.25, 0.3) is 0 Å². The van der Waals surface area contributed by atoms with Gasteiger partial charge < -0.3 is 5.32 Å². The Labute approximate surface area is 131 Å². The summed E-state index contributed by atoms with van der Waals surface area (Å²) in [7, 11) is 1.82. The van der Waals surface area contributed by atoms with Gasteiger partial charge in [-0.2, -0.15) is 0 Å². The first kappa shape index (κ1) is 15.1. The average Bonchev–Trinajstić information content (AvgIpc) is 2.68. The Hall–Kier alpha value is -0.300. The van der Waals surface area contributed by atoms with Gasteiger partial charge >= 0.3 is 0 Å². The van der Waals surface area contributed by atoms with Gasteiger partial charge in [0.05, 0.1) is 7.57 Å². The van der Waals surface area contributed by atoms with Gasteiger partial charge in [0, 0.05) is 12.1 Å². The zero-order valence-corrected chi connectivity index (χ0v) is 14.0. The lowest BCUT2D eigenvalue weighted by Gasteiger charge is -2.16. The minimum atomic E-state index is -0.554. The zero-order chi connectivity index (χ0) is 14.0. The summed E-state index contributed by atoms with van der Waals surface area (Å²) in [5, 5.41) is 3.16. The predicted molar refractivity (Wildman–Crippen MR) is 81.6 cm³/mol. The predicted octanol–water partition coefficient (Wildman–Crippen LogP) is 5.05. The van der Waals surface area contributed by atoms with Crippen LogP contribution in [0.3, 0.4) is 0 Å². The molecule has 0 spiro atoms. The highest BCUT2D eigenvalue weighted by molar-refractivity contribution is 9.12. The maximum Gasteiger partial charge on any atom is 0.129 e. The maximum absolute atomic E-state index is 13.7. The smallest absolute Gasteiger partial charge is 0.129 e. The lowest BCUT2D eigenvalue weighted by molar-refractivity contribution is 0.540. The first-order valence-corrected chi connectivity index (χ1v) is 7.97. The number of hydrogen-bond acceptors (Lipinski definition) is 2. The van der Waals surface area contributed by atoms with Gasteiger partial charge in [-0.3, -0.25) is 0 Å². The number of likely N-dealkylation sites (N-methyl/N-ethyl adjacent to an activating group) is 1. The molecule has 102 valence electrons. The van der Waals surface area contributed by atoms with E-state index in [0.29, 0.717) is 12.0 Å². The Morgan fingerprint density at radius 1 is 1.26 bits per heavy atom. The molecule has 0 bridgehead atoms. The van der Waals surface area contributed by atoms with E-state index < -0.39 is 11.6 Å². The van der Waals surface area contributed by atoms with Gasteiger partial charge in [0.1, 0.15) is 11.6 Å². The molecule has 0 saturated heterocycles. The van der Waals surface area contributed by atoms with Crippen molar-refractivity contribution in [1.82, 2.24) is 5.32 Å². The molecule has 0 radical (unpaired) electrons. The number of halogens is 4. The fourth-order valence-electron chi connectivity index (χ4n) is 1.87. The Bertz CT molecular complexity index is 586. The largest absolute Gasteiger partial charge is 0.313 e. The van der Waals surface area contributed by atoms with E-state index in [1.807, 2.05) is 13.1 Å². The third-order valence-corrected chi connectivity index (χ3v) is 5.23. The van der Waals surface area contributed by atoms with E-state index in [2.05, 4.69) is 37.2 Å². The van der Waals surface area contributed by atoms with E-state index in [1.165, 1.54) is 12.1 Å². The molecular weight excluding hydrogens is 400 g/mol. The van der Waals surface area contributed by atoms with Crippen LogP contribution in [0, 0.1) is 11.6 Å². The molecule has 0 fully saturated rings. The Balaban J connectivity index is 2.26. The first-order chi connectivity index (χ1) is 9.01. The van der Waals surface area contributed by atoms with Crippen LogP contribution >= 0.6 is 43.2 Å². The van der Waals surface area contributed by atoms with Crippen molar-refractivity contribution in [2.24, 2.45) is 0 Å². The second-order valence-corrected chi connectivity index (χ2v) is 7.81. The highest BCUT2D eigenvalue weighted by atomic mass is 79.9. The Kier molecular flexibility index (Phi) is 5.11. The summed E-state index contributed by atoms with van der Waals surface area (Å²) < 4.78 is 28.6. The lowest BCUT2D eigenvalue weighted by Crippen LogP contribution is -2.19. The third kappa shape index (κ3) is 3.62. The molecule has 0 saturated carbocycles. The van der Waals surface area contributed by atoms with Crippen LogP contribution in [-0.4, -0.2) is 7.05 Å². The Morgan fingerprint density at radius 2 is 2.00 bits per heavy atom. The summed E-state index contributed by atoms with van der Waals surface area (Å²) in [4.78, 5) is 0. The number of nitrogens with one attached hydrogen (secondary N) is 1. The molecule has 0 amide bonds. The van der Waals surface area contributed by atoms with Crippen LogP contribution in [0.5, 0.6) is 0 Å². The van der Waals surface area contributed by atoms with Gasteiger partial charge in [0.2, 0.25) is 0 Å². The van der Waals surface area contributed by atoms with Crippen molar-refractivity contribution in [3.05, 3.63) is 54.6 Å². The van der Waals surface area contributed by atoms with Gasteiger partial charge in [-0.1, -0.05) is 6.07 Å². The lowest BCUT2D eigenvalue weighted by atomic mass is 10.0. The van der Waals surface area contributed by atoms with E-state index in [-0.39, 0.29) is 6.04 Å². The molecule has 1 nitrogen and oxygen atoms in total. The molecule has 1 heterocycles. The van der Waals surface area contributed by atoms with Crippen LogP contribution in [0.25, 0.3) is 0 Å². The zero-order valence-electron chi connectivity index (χ0n) is 10.0. The summed E-state index contributed by atoms with van der Waals surface area (Å²) in [5.41, 5.74) is 1.55. The van der Waals surface area contributed by atoms with Crippen LogP contribution in [0.1, 0.15) is 17.2 Å². The number of rotatable bonds is 4. The maximum atomic E-state index is 13.7. The summed E-state index contributed by atoms with van der Waals surface area (Å²) >= 11 is 8.49. The van der Waals surface area contributed by atoms with E-state index in [0.717, 1.165) is 19.2 Å². The van der Waals surface area contributed by atoms with Crippen LogP contribution in [0.2, 0.25) is 0 Å². The molecule has 19 heavy (non-hydrogen) atoms. The fraction of sp³-hybridized carbons (Fsp3) is 0.231.